The van der Waals surface area contributed by atoms with Gasteiger partial charge in [-0.1, -0.05) is 0 Å². The number of rotatable bonds is 6. The van der Waals surface area contributed by atoms with Gasteiger partial charge >= 0.3 is 0 Å². The Bertz CT molecular complexity index is 1300. The maximum atomic E-state index is 13.1. The lowest BCUT2D eigenvalue weighted by Gasteiger charge is -2.13. The van der Waals surface area contributed by atoms with Crippen molar-refractivity contribution in [2.45, 2.75) is 6.54 Å². The highest BCUT2D eigenvalue weighted by Crippen LogP contribution is 2.26. The molecule has 0 saturated carbocycles. The first kappa shape index (κ1) is 20.1. The van der Waals surface area contributed by atoms with Crippen molar-refractivity contribution in [3.63, 3.8) is 0 Å². The summed E-state index contributed by atoms with van der Waals surface area (Å²) >= 11 is 0. The molecule has 0 aliphatic carbocycles. The highest BCUT2D eigenvalue weighted by Gasteiger charge is 2.13. The Labute approximate surface area is 178 Å². The fourth-order valence-electron chi connectivity index (χ4n) is 3.20. The van der Waals surface area contributed by atoms with Gasteiger partial charge < -0.3 is 14.8 Å². The van der Waals surface area contributed by atoms with Crippen LogP contribution in [0.4, 0.5) is 0 Å². The van der Waals surface area contributed by atoms with Crippen LogP contribution < -0.4 is 20.3 Å². The molecule has 0 bridgehead atoms. The Kier molecular flexibility index (Phi) is 5.61. The second-order valence-electron chi connectivity index (χ2n) is 6.73. The van der Waals surface area contributed by atoms with Gasteiger partial charge in [0, 0.05) is 30.6 Å². The van der Waals surface area contributed by atoms with E-state index in [-0.39, 0.29) is 11.5 Å². The van der Waals surface area contributed by atoms with Crippen LogP contribution in [0.25, 0.3) is 16.6 Å². The highest BCUT2D eigenvalue weighted by molar-refractivity contribution is 5.97. The SMILES string of the molecule is COc1ccc(OC)c(-n2cnc3cc(C(=O)NCc4ccncc4)ccc3c2=O)c1. The fraction of sp³-hybridized carbons (Fsp3) is 0.130. The Morgan fingerprint density at radius 1 is 1.03 bits per heavy atom. The molecule has 4 aromatic rings. The van der Waals surface area contributed by atoms with E-state index in [1.165, 1.54) is 18.0 Å². The minimum atomic E-state index is -0.278. The van der Waals surface area contributed by atoms with E-state index in [0.717, 1.165) is 5.56 Å². The number of hydrogen-bond acceptors (Lipinski definition) is 6. The zero-order valence-corrected chi connectivity index (χ0v) is 17.0. The first-order chi connectivity index (χ1) is 15.1. The van der Waals surface area contributed by atoms with Crippen LogP contribution in [-0.4, -0.2) is 34.7 Å². The van der Waals surface area contributed by atoms with Crippen LogP contribution in [0.5, 0.6) is 11.5 Å². The maximum absolute atomic E-state index is 13.1. The summed E-state index contributed by atoms with van der Waals surface area (Å²) in [6.45, 7) is 0.379. The third kappa shape index (κ3) is 4.09. The van der Waals surface area contributed by atoms with Gasteiger partial charge in [0.15, 0.2) is 0 Å². The average Bonchev–Trinajstić information content (AvgIpc) is 2.82. The van der Waals surface area contributed by atoms with Gasteiger partial charge in [-0.2, -0.15) is 0 Å². The molecule has 4 rings (SSSR count). The molecule has 8 nitrogen and oxygen atoms in total. The first-order valence-electron chi connectivity index (χ1n) is 9.51. The number of nitrogens with one attached hydrogen (secondary N) is 1. The summed E-state index contributed by atoms with van der Waals surface area (Å²) in [7, 11) is 3.08. The molecule has 2 heterocycles. The van der Waals surface area contributed by atoms with Crippen LogP contribution in [-0.2, 0) is 6.54 Å². The molecule has 0 radical (unpaired) electrons. The lowest BCUT2D eigenvalue weighted by molar-refractivity contribution is 0.0951. The summed E-state index contributed by atoms with van der Waals surface area (Å²) in [6, 6.07) is 13.7. The van der Waals surface area contributed by atoms with E-state index in [9.17, 15) is 9.59 Å². The summed E-state index contributed by atoms with van der Waals surface area (Å²) in [5, 5.41) is 3.24. The number of aromatic nitrogens is 3. The van der Waals surface area contributed by atoms with E-state index >= 15 is 0 Å². The molecule has 0 unspecified atom stereocenters. The highest BCUT2D eigenvalue weighted by atomic mass is 16.5. The van der Waals surface area contributed by atoms with Crippen molar-refractivity contribution < 1.29 is 14.3 Å². The van der Waals surface area contributed by atoms with Crippen LogP contribution in [0, 0.1) is 0 Å². The zero-order chi connectivity index (χ0) is 21.8. The van der Waals surface area contributed by atoms with E-state index < -0.39 is 0 Å². The van der Waals surface area contributed by atoms with Crippen LogP contribution in [0.15, 0.2) is 72.0 Å². The Balaban J connectivity index is 1.66. The van der Waals surface area contributed by atoms with Crippen molar-refractivity contribution >= 4 is 16.8 Å². The minimum Gasteiger partial charge on any atom is -0.497 e. The minimum absolute atomic E-state index is 0.251. The second kappa shape index (κ2) is 8.66. The summed E-state index contributed by atoms with van der Waals surface area (Å²) in [5.41, 5.74) is 2.03. The van der Waals surface area contributed by atoms with Crippen molar-refractivity contribution in [2.75, 3.05) is 14.2 Å². The number of hydrogen-bond donors (Lipinski definition) is 1. The number of benzene rings is 2. The van der Waals surface area contributed by atoms with Crippen molar-refractivity contribution in [2.24, 2.45) is 0 Å². The predicted molar refractivity (Wildman–Crippen MR) is 116 cm³/mol. The van der Waals surface area contributed by atoms with Crippen LogP contribution >= 0.6 is 0 Å². The lowest BCUT2D eigenvalue weighted by atomic mass is 10.1. The number of amides is 1. The van der Waals surface area contributed by atoms with Crippen molar-refractivity contribution in [3.8, 4) is 17.2 Å². The quantitative estimate of drug-likeness (QED) is 0.519. The molecular weight excluding hydrogens is 396 g/mol. The summed E-state index contributed by atoms with van der Waals surface area (Å²) in [5.74, 6) is 0.847. The molecule has 2 aromatic heterocycles. The molecule has 0 atom stereocenters. The van der Waals surface area contributed by atoms with E-state index in [4.69, 9.17) is 9.47 Å². The molecule has 0 fully saturated rings. The molecular formula is C23H20N4O4. The van der Waals surface area contributed by atoms with Gasteiger partial charge in [0.2, 0.25) is 0 Å². The van der Waals surface area contributed by atoms with Gasteiger partial charge in [-0.15, -0.1) is 0 Å². The molecule has 1 amide bonds. The molecule has 2 aromatic carbocycles. The Hall–Kier alpha value is -4.20. The Morgan fingerprint density at radius 3 is 2.58 bits per heavy atom. The number of ether oxygens (including phenoxy) is 2. The van der Waals surface area contributed by atoms with E-state index in [2.05, 4.69) is 15.3 Å². The molecule has 0 spiro atoms. The first-order valence-corrected chi connectivity index (χ1v) is 9.51. The lowest BCUT2D eigenvalue weighted by Crippen LogP contribution is -2.23. The van der Waals surface area contributed by atoms with Crippen molar-refractivity contribution in [1.29, 1.82) is 0 Å². The molecule has 0 aliphatic heterocycles. The van der Waals surface area contributed by atoms with E-state index in [0.29, 0.717) is 40.2 Å². The summed E-state index contributed by atoms with van der Waals surface area (Å²) < 4.78 is 12.0. The number of carbonyl (C=O) groups excluding carboxylic acids is 1. The molecule has 0 aliphatic rings. The average molecular weight is 416 g/mol. The summed E-state index contributed by atoms with van der Waals surface area (Å²) in [4.78, 5) is 34.0. The molecule has 156 valence electrons. The number of pyridine rings is 1. The second-order valence-corrected chi connectivity index (χ2v) is 6.73. The normalized spacial score (nSPS) is 10.6. The fourth-order valence-corrected chi connectivity index (χ4v) is 3.20. The molecule has 1 N–H and O–H groups in total. The van der Waals surface area contributed by atoms with Gasteiger partial charge in [-0.05, 0) is 48.0 Å². The van der Waals surface area contributed by atoms with E-state index in [1.807, 2.05) is 12.1 Å². The smallest absolute Gasteiger partial charge is 0.265 e. The van der Waals surface area contributed by atoms with Gasteiger partial charge in [-0.25, -0.2) is 4.98 Å². The molecule has 31 heavy (non-hydrogen) atoms. The topological polar surface area (TPSA) is 95.3 Å². The maximum Gasteiger partial charge on any atom is 0.265 e. The number of nitrogens with zero attached hydrogens (tertiary/aromatic N) is 3. The van der Waals surface area contributed by atoms with Crippen LogP contribution in [0.3, 0.4) is 0 Å². The number of fused-ring (bicyclic) bond motifs is 1. The molecule has 8 heteroatoms. The van der Waals surface area contributed by atoms with Crippen molar-refractivity contribution in [3.05, 3.63) is 88.7 Å². The van der Waals surface area contributed by atoms with Crippen molar-refractivity contribution in [1.82, 2.24) is 19.9 Å². The van der Waals surface area contributed by atoms with Gasteiger partial charge in [0.25, 0.3) is 11.5 Å². The predicted octanol–water partition coefficient (Wildman–Crippen LogP) is 2.73. The number of carbonyl (C=O) groups is 1. The summed E-state index contributed by atoms with van der Waals surface area (Å²) in [6.07, 6.45) is 4.76. The van der Waals surface area contributed by atoms with Crippen LogP contribution in [0.1, 0.15) is 15.9 Å². The standard InChI is InChI=1S/C23H20N4O4/c1-30-17-4-6-21(31-2)20(12-17)27-14-26-19-11-16(3-5-18(19)23(27)29)22(28)25-13-15-7-9-24-10-8-15/h3-12,14H,13H2,1-2H3,(H,25,28). The van der Waals surface area contributed by atoms with Gasteiger partial charge in [0.05, 0.1) is 30.8 Å². The third-order valence-corrected chi connectivity index (χ3v) is 4.87. The number of methoxy groups -OCH3 is 2. The third-order valence-electron chi connectivity index (χ3n) is 4.87. The zero-order valence-electron chi connectivity index (χ0n) is 17.0. The Morgan fingerprint density at radius 2 is 1.84 bits per heavy atom. The van der Waals surface area contributed by atoms with E-state index in [1.54, 1.807) is 55.9 Å². The van der Waals surface area contributed by atoms with Gasteiger partial charge in [0.1, 0.15) is 17.8 Å². The van der Waals surface area contributed by atoms with Crippen LogP contribution in [0.2, 0.25) is 0 Å². The largest absolute Gasteiger partial charge is 0.497 e. The van der Waals surface area contributed by atoms with Gasteiger partial charge in [-0.3, -0.25) is 19.1 Å². The molecule has 0 saturated heterocycles. The monoisotopic (exact) mass is 416 g/mol.